The van der Waals surface area contributed by atoms with Crippen LogP contribution in [0, 0.1) is 0 Å². The summed E-state index contributed by atoms with van der Waals surface area (Å²) in [6.45, 7) is 0. The monoisotopic (exact) mass is 226 g/mol. The van der Waals surface area contributed by atoms with E-state index in [-0.39, 0.29) is 6.42 Å². The number of carbonyl (C=O) groups is 2. The Morgan fingerprint density at radius 3 is 2.79 bits per heavy atom. The Hall–Kier alpha value is -1.20. The van der Waals surface area contributed by atoms with Crippen molar-refractivity contribution in [2.24, 2.45) is 0 Å². The van der Waals surface area contributed by atoms with E-state index in [1.54, 1.807) is 11.3 Å². The van der Waals surface area contributed by atoms with Gasteiger partial charge in [-0.2, -0.15) is 11.3 Å². The minimum absolute atomic E-state index is 0.000648. The molecular formula is C9H6O3S2. The van der Waals surface area contributed by atoms with E-state index < -0.39 is 11.8 Å². The largest absolute Gasteiger partial charge is 0.475 e. The molecule has 0 bridgehead atoms. The SMILES string of the molecule is O=C(O)C(=O)Cc1cc2cscc2s1. The van der Waals surface area contributed by atoms with Crippen molar-refractivity contribution in [3.8, 4) is 0 Å². The highest BCUT2D eigenvalue weighted by atomic mass is 32.1. The first kappa shape index (κ1) is 9.36. The topological polar surface area (TPSA) is 54.4 Å². The number of ketones is 1. The Morgan fingerprint density at radius 2 is 2.14 bits per heavy atom. The predicted octanol–water partition coefficient (Wildman–Crippen LogP) is 2.16. The van der Waals surface area contributed by atoms with E-state index in [9.17, 15) is 9.59 Å². The van der Waals surface area contributed by atoms with Crippen LogP contribution in [0.5, 0.6) is 0 Å². The van der Waals surface area contributed by atoms with Crippen molar-refractivity contribution in [3.63, 3.8) is 0 Å². The fourth-order valence-corrected chi connectivity index (χ4v) is 3.16. The minimum Gasteiger partial charge on any atom is -0.475 e. The lowest BCUT2D eigenvalue weighted by Crippen LogP contribution is -2.14. The number of carboxylic acid groups (broad SMARTS) is 1. The number of fused-ring (bicyclic) bond motifs is 1. The van der Waals surface area contributed by atoms with E-state index in [4.69, 9.17) is 5.11 Å². The first-order valence-electron chi connectivity index (χ1n) is 3.87. The molecule has 0 amide bonds. The summed E-state index contributed by atoms with van der Waals surface area (Å²) in [4.78, 5) is 22.0. The highest BCUT2D eigenvalue weighted by Crippen LogP contribution is 2.28. The van der Waals surface area contributed by atoms with Crippen LogP contribution in [0.25, 0.3) is 10.1 Å². The van der Waals surface area contributed by atoms with Gasteiger partial charge in [0.15, 0.2) is 0 Å². The second-order valence-electron chi connectivity index (χ2n) is 2.81. The van der Waals surface area contributed by atoms with Crippen LogP contribution in [-0.4, -0.2) is 16.9 Å². The van der Waals surface area contributed by atoms with Gasteiger partial charge in [-0.3, -0.25) is 4.79 Å². The standard InChI is InChI=1S/C9H6O3S2/c10-7(9(11)12)2-6-1-5-3-13-4-8(5)14-6/h1,3-4H,2H2,(H,11,12). The molecule has 2 aromatic rings. The van der Waals surface area contributed by atoms with Gasteiger partial charge in [-0.25, -0.2) is 4.79 Å². The van der Waals surface area contributed by atoms with E-state index in [1.807, 2.05) is 16.8 Å². The quantitative estimate of drug-likeness (QED) is 0.816. The molecular weight excluding hydrogens is 220 g/mol. The molecule has 3 nitrogen and oxygen atoms in total. The number of thiophene rings is 2. The van der Waals surface area contributed by atoms with Crippen LogP contribution in [0.4, 0.5) is 0 Å². The van der Waals surface area contributed by atoms with Gasteiger partial charge < -0.3 is 5.11 Å². The zero-order valence-electron chi connectivity index (χ0n) is 7.02. The summed E-state index contributed by atoms with van der Waals surface area (Å²) >= 11 is 3.08. The molecule has 0 saturated heterocycles. The molecule has 0 aromatic carbocycles. The number of carbonyl (C=O) groups excluding carboxylic acids is 1. The molecule has 5 heteroatoms. The first-order chi connectivity index (χ1) is 6.66. The summed E-state index contributed by atoms with van der Waals surface area (Å²) in [6, 6.07) is 1.87. The molecule has 1 N–H and O–H groups in total. The molecule has 0 saturated carbocycles. The van der Waals surface area contributed by atoms with Crippen molar-refractivity contribution >= 4 is 44.5 Å². The van der Waals surface area contributed by atoms with Crippen LogP contribution >= 0.6 is 22.7 Å². The van der Waals surface area contributed by atoms with Crippen molar-refractivity contribution in [1.29, 1.82) is 0 Å². The van der Waals surface area contributed by atoms with E-state index in [1.165, 1.54) is 11.3 Å². The van der Waals surface area contributed by atoms with Crippen LogP contribution in [0.2, 0.25) is 0 Å². The molecule has 2 rings (SSSR count). The number of rotatable bonds is 3. The Labute approximate surface area is 87.6 Å². The van der Waals surface area contributed by atoms with E-state index in [0.29, 0.717) is 0 Å². The fourth-order valence-electron chi connectivity index (χ4n) is 1.15. The summed E-state index contributed by atoms with van der Waals surface area (Å²) in [5.74, 6) is -2.11. The lowest BCUT2D eigenvalue weighted by Gasteiger charge is -1.89. The summed E-state index contributed by atoms with van der Waals surface area (Å²) in [5, 5.41) is 13.5. The van der Waals surface area contributed by atoms with Gasteiger partial charge in [0.1, 0.15) is 0 Å². The Morgan fingerprint density at radius 1 is 1.36 bits per heavy atom. The van der Waals surface area contributed by atoms with E-state index in [0.717, 1.165) is 15.0 Å². The lowest BCUT2D eigenvalue weighted by molar-refractivity contribution is -0.148. The van der Waals surface area contributed by atoms with Gasteiger partial charge >= 0.3 is 5.97 Å². The maximum Gasteiger partial charge on any atom is 0.372 e. The highest BCUT2D eigenvalue weighted by molar-refractivity contribution is 7.22. The average Bonchev–Trinajstić information content (AvgIpc) is 2.63. The molecule has 0 unspecified atom stereocenters. The normalized spacial score (nSPS) is 10.6. The van der Waals surface area contributed by atoms with E-state index >= 15 is 0 Å². The Balaban J connectivity index is 2.23. The van der Waals surface area contributed by atoms with Crippen LogP contribution in [-0.2, 0) is 16.0 Å². The third kappa shape index (κ3) is 1.69. The predicted molar refractivity (Wildman–Crippen MR) is 56.0 cm³/mol. The maximum absolute atomic E-state index is 10.9. The van der Waals surface area contributed by atoms with Gasteiger partial charge in [0, 0.05) is 20.3 Å². The van der Waals surface area contributed by atoms with Crippen molar-refractivity contribution in [2.45, 2.75) is 6.42 Å². The molecule has 2 heterocycles. The molecule has 2 aromatic heterocycles. The third-order valence-electron chi connectivity index (χ3n) is 1.79. The second kappa shape index (κ2) is 3.51. The van der Waals surface area contributed by atoms with Gasteiger partial charge in [0.25, 0.3) is 0 Å². The summed E-state index contributed by atoms with van der Waals surface area (Å²) < 4.78 is 1.11. The van der Waals surface area contributed by atoms with Gasteiger partial charge in [0.2, 0.25) is 5.78 Å². The zero-order valence-corrected chi connectivity index (χ0v) is 8.65. The molecule has 0 radical (unpaired) electrons. The second-order valence-corrected chi connectivity index (χ2v) is 4.72. The molecule has 0 aliphatic heterocycles. The summed E-state index contributed by atoms with van der Waals surface area (Å²) in [5.41, 5.74) is 0. The molecule has 0 atom stereocenters. The Bertz CT molecular complexity index is 466. The van der Waals surface area contributed by atoms with Gasteiger partial charge in [-0.1, -0.05) is 0 Å². The zero-order chi connectivity index (χ0) is 10.1. The third-order valence-corrected chi connectivity index (χ3v) is 3.79. The molecule has 0 aliphatic carbocycles. The van der Waals surface area contributed by atoms with Crippen LogP contribution in [0.15, 0.2) is 16.8 Å². The van der Waals surface area contributed by atoms with Crippen molar-refractivity contribution < 1.29 is 14.7 Å². The number of Topliss-reactive ketones (excluding diaryl/α,β-unsaturated/α-hetero) is 1. The van der Waals surface area contributed by atoms with Crippen molar-refractivity contribution in [2.75, 3.05) is 0 Å². The fraction of sp³-hybridized carbons (Fsp3) is 0.111. The first-order valence-corrected chi connectivity index (χ1v) is 5.63. The van der Waals surface area contributed by atoms with Crippen molar-refractivity contribution in [3.05, 3.63) is 21.7 Å². The molecule has 0 spiro atoms. The lowest BCUT2D eigenvalue weighted by atomic mass is 10.2. The van der Waals surface area contributed by atoms with Crippen LogP contribution in [0.3, 0.4) is 0 Å². The molecule has 0 aliphatic rings. The van der Waals surface area contributed by atoms with E-state index in [2.05, 4.69) is 0 Å². The van der Waals surface area contributed by atoms with Crippen LogP contribution in [0.1, 0.15) is 4.88 Å². The Kier molecular flexibility index (Phi) is 2.35. The number of hydrogen-bond donors (Lipinski definition) is 1. The summed E-state index contributed by atoms with van der Waals surface area (Å²) in [6.07, 6.45) is -0.000648. The highest BCUT2D eigenvalue weighted by Gasteiger charge is 2.13. The molecule has 72 valence electrons. The number of carboxylic acids is 1. The maximum atomic E-state index is 10.9. The van der Waals surface area contributed by atoms with Crippen molar-refractivity contribution in [1.82, 2.24) is 0 Å². The molecule has 0 fully saturated rings. The van der Waals surface area contributed by atoms with Crippen LogP contribution < -0.4 is 0 Å². The smallest absolute Gasteiger partial charge is 0.372 e. The number of hydrogen-bond acceptors (Lipinski definition) is 4. The van der Waals surface area contributed by atoms with Gasteiger partial charge in [0.05, 0.1) is 6.42 Å². The molecule has 14 heavy (non-hydrogen) atoms. The average molecular weight is 226 g/mol. The number of aliphatic carboxylic acids is 1. The van der Waals surface area contributed by atoms with Gasteiger partial charge in [-0.05, 0) is 11.4 Å². The summed E-state index contributed by atoms with van der Waals surface area (Å²) in [7, 11) is 0. The van der Waals surface area contributed by atoms with Gasteiger partial charge in [-0.15, -0.1) is 11.3 Å². The minimum atomic E-state index is -1.36.